The number of anilines is 1. The SMILES string of the molecule is CC(=O)N1CCn2c1nc1c2c(=O)n(CCCC[C@@H](C)N(C)C)c(=O)n1C. The molecule has 148 valence electrons. The minimum atomic E-state index is -0.362. The van der Waals surface area contributed by atoms with Crippen LogP contribution in [0.4, 0.5) is 5.95 Å². The Labute approximate surface area is 157 Å². The van der Waals surface area contributed by atoms with Gasteiger partial charge in [0.2, 0.25) is 11.9 Å². The molecule has 1 aliphatic heterocycles. The van der Waals surface area contributed by atoms with Crippen molar-refractivity contribution in [2.45, 2.75) is 52.2 Å². The third-order valence-corrected chi connectivity index (χ3v) is 5.52. The molecular formula is C18H28N6O3. The average Bonchev–Trinajstić information content (AvgIpc) is 3.17. The number of carbonyl (C=O) groups is 1. The molecular weight excluding hydrogens is 348 g/mol. The monoisotopic (exact) mass is 376 g/mol. The second kappa shape index (κ2) is 7.30. The molecule has 2 aromatic heterocycles. The first kappa shape index (κ1) is 19.3. The van der Waals surface area contributed by atoms with Crippen LogP contribution in [0.5, 0.6) is 0 Å². The predicted octanol–water partition coefficient (Wildman–Crippen LogP) is 0.384. The number of aromatic nitrogens is 4. The van der Waals surface area contributed by atoms with Gasteiger partial charge in [0.05, 0.1) is 0 Å². The summed E-state index contributed by atoms with van der Waals surface area (Å²) in [6.45, 7) is 5.03. The van der Waals surface area contributed by atoms with Gasteiger partial charge in [-0.2, -0.15) is 4.98 Å². The maximum absolute atomic E-state index is 13.0. The number of nitrogens with zero attached hydrogens (tertiary/aromatic N) is 6. The first-order valence-corrected chi connectivity index (χ1v) is 9.38. The summed E-state index contributed by atoms with van der Waals surface area (Å²) in [5, 5.41) is 0. The smallest absolute Gasteiger partial charge is 0.307 e. The number of imidazole rings is 1. The van der Waals surface area contributed by atoms with Gasteiger partial charge in [0.25, 0.3) is 5.56 Å². The molecule has 1 aliphatic rings. The highest BCUT2D eigenvalue weighted by Crippen LogP contribution is 2.24. The molecule has 1 atom stereocenters. The molecule has 3 rings (SSSR count). The Bertz CT molecular complexity index is 984. The highest BCUT2D eigenvalue weighted by Gasteiger charge is 2.29. The number of unbranched alkanes of at least 4 members (excludes halogenated alkanes) is 1. The highest BCUT2D eigenvalue weighted by atomic mass is 16.2. The van der Waals surface area contributed by atoms with Gasteiger partial charge in [0, 0.05) is 39.6 Å². The van der Waals surface area contributed by atoms with Crippen LogP contribution >= 0.6 is 0 Å². The van der Waals surface area contributed by atoms with Crippen LogP contribution < -0.4 is 16.1 Å². The van der Waals surface area contributed by atoms with Crippen molar-refractivity contribution in [1.82, 2.24) is 23.6 Å². The lowest BCUT2D eigenvalue weighted by Gasteiger charge is -2.19. The van der Waals surface area contributed by atoms with Crippen molar-refractivity contribution >= 4 is 23.0 Å². The van der Waals surface area contributed by atoms with Crippen LogP contribution in [0.15, 0.2) is 9.59 Å². The first-order chi connectivity index (χ1) is 12.7. The van der Waals surface area contributed by atoms with Crippen LogP contribution in [0.2, 0.25) is 0 Å². The predicted molar refractivity (Wildman–Crippen MR) is 104 cm³/mol. The fourth-order valence-corrected chi connectivity index (χ4v) is 3.54. The van der Waals surface area contributed by atoms with Gasteiger partial charge in [-0.25, -0.2) is 4.79 Å². The first-order valence-electron chi connectivity index (χ1n) is 9.38. The molecule has 9 nitrogen and oxygen atoms in total. The summed E-state index contributed by atoms with van der Waals surface area (Å²) in [6, 6.07) is 0.461. The third-order valence-electron chi connectivity index (χ3n) is 5.52. The van der Waals surface area contributed by atoms with Crippen LogP contribution in [0.25, 0.3) is 11.2 Å². The molecule has 2 aromatic rings. The summed E-state index contributed by atoms with van der Waals surface area (Å²) < 4.78 is 4.46. The topological polar surface area (TPSA) is 85.4 Å². The van der Waals surface area contributed by atoms with Crippen molar-refractivity contribution in [2.75, 3.05) is 25.5 Å². The van der Waals surface area contributed by atoms with E-state index in [2.05, 4.69) is 16.8 Å². The Kier molecular flexibility index (Phi) is 5.23. The van der Waals surface area contributed by atoms with Crippen LogP contribution in [0.3, 0.4) is 0 Å². The second-order valence-corrected chi connectivity index (χ2v) is 7.51. The molecule has 0 aromatic carbocycles. The highest BCUT2D eigenvalue weighted by molar-refractivity contribution is 5.92. The van der Waals surface area contributed by atoms with E-state index in [-0.39, 0.29) is 17.2 Å². The molecule has 0 bridgehead atoms. The van der Waals surface area contributed by atoms with Gasteiger partial charge in [-0.1, -0.05) is 6.42 Å². The maximum atomic E-state index is 13.0. The van der Waals surface area contributed by atoms with E-state index in [1.54, 1.807) is 11.6 Å². The minimum absolute atomic E-state index is 0.121. The van der Waals surface area contributed by atoms with E-state index in [1.807, 2.05) is 14.1 Å². The molecule has 0 radical (unpaired) electrons. The van der Waals surface area contributed by atoms with Gasteiger partial charge >= 0.3 is 5.69 Å². The molecule has 0 saturated heterocycles. The standard InChI is InChI=1S/C18H28N6O3/c1-12(20(3)4)8-6-7-9-24-16(26)14-15(21(5)18(24)27)19-17-22(13(2)25)10-11-23(14)17/h12H,6-11H2,1-5H3/t12-/m1/s1. The lowest BCUT2D eigenvalue weighted by atomic mass is 10.1. The number of amides is 1. The molecule has 0 unspecified atom stereocenters. The molecule has 9 heteroatoms. The number of hydrogen-bond acceptors (Lipinski definition) is 5. The summed E-state index contributed by atoms with van der Waals surface area (Å²) in [5.74, 6) is 0.326. The number of carbonyl (C=O) groups excluding carboxylic acids is 1. The summed E-state index contributed by atoms with van der Waals surface area (Å²) in [7, 11) is 5.71. The van der Waals surface area contributed by atoms with Gasteiger partial charge in [0.1, 0.15) is 0 Å². The fourth-order valence-electron chi connectivity index (χ4n) is 3.54. The second-order valence-electron chi connectivity index (χ2n) is 7.51. The van der Waals surface area contributed by atoms with E-state index in [0.717, 1.165) is 19.3 Å². The molecule has 1 amide bonds. The summed E-state index contributed by atoms with van der Waals surface area (Å²) in [4.78, 5) is 45.6. The molecule has 3 heterocycles. The quantitative estimate of drug-likeness (QED) is 0.681. The Morgan fingerprint density at radius 3 is 2.56 bits per heavy atom. The number of hydrogen-bond donors (Lipinski definition) is 0. The van der Waals surface area contributed by atoms with Crippen LogP contribution in [0, 0.1) is 0 Å². The van der Waals surface area contributed by atoms with Crippen LogP contribution in [0.1, 0.15) is 33.1 Å². The molecule has 0 saturated carbocycles. The fraction of sp³-hybridized carbons (Fsp3) is 0.667. The number of rotatable bonds is 6. The minimum Gasteiger partial charge on any atom is -0.307 e. The van der Waals surface area contributed by atoms with Crippen molar-refractivity contribution in [2.24, 2.45) is 7.05 Å². The van der Waals surface area contributed by atoms with E-state index >= 15 is 0 Å². The van der Waals surface area contributed by atoms with E-state index in [4.69, 9.17) is 0 Å². The third kappa shape index (κ3) is 3.31. The van der Waals surface area contributed by atoms with Gasteiger partial charge < -0.3 is 9.47 Å². The zero-order valence-corrected chi connectivity index (χ0v) is 16.7. The molecule has 0 fully saturated rings. The van der Waals surface area contributed by atoms with Gasteiger partial charge in [0.15, 0.2) is 11.2 Å². The summed E-state index contributed by atoms with van der Waals surface area (Å²) >= 11 is 0. The van der Waals surface area contributed by atoms with E-state index in [1.165, 1.54) is 21.0 Å². The number of fused-ring (bicyclic) bond motifs is 3. The zero-order valence-electron chi connectivity index (χ0n) is 16.7. The lowest BCUT2D eigenvalue weighted by Crippen LogP contribution is -2.39. The Morgan fingerprint density at radius 2 is 1.93 bits per heavy atom. The Morgan fingerprint density at radius 1 is 1.22 bits per heavy atom. The average molecular weight is 376 g/mol. The molecule has 0 N–H and O–H groups in total. The summed E-state index contributed by atoms with van der Waals surface area (Å²) in [6.07, 6.45) is 2.72. The van der Waals surface area contributed by atoms with E-state index in [0.29, 0.717) is 42.8 Å². The van der Waals surface area contributed by atoms with Crippen molar-refractivity contribution in [3.8, 4) is 0 Å². The maximum Gasteiger partial charge on any atom is 0.332 e. The van der Waals surface area contributed by atoms with E-state index < -0.39 is 0 Å². The largest absolute Gasteiger partial charge is 0.332 e. The molecule has 0 aliphatic carbocycles. The zero-order chi connectivity index (χ0) is 19.9. The van der Waals surface area contributed by atoms with Crippen molar-refractivity contribution in [1.29, 1.82) is 0 Å². The number of aryl methyl sites for hydroxylation is 1. The van der Waals surface area contributed by atoms with Crippen molar-refractivity contribution < 1.29 is 4.79 Å². The van der Waals surface area contributed by atoms with Gasteiger partial charge in [-0.15, -0.1) is 0 Å². The van der Waals surface area contributed by atoms with Gasteiger partial charge in [-0.05, 0) is 33.9 Å². The lowest BCUT2D eigenvalue weighted by molar-refractivity contribution is -0.116. The molecule has 27 heavy (non-hydrogen) atoms. The Hall–Kier alpha value is -2.42. The van der Waals surface area contributed by atoms with Crippen molar-refractivity contribution in [3.63, 3.8) is 0 Å². The Balaban J connectivity index is 1.93. The van der Waals surface area contributed by atoms with Crippen molar-refractivity contribution in [3.05, 3.63) is 20.8 Å². The van der Waals surface area contributed by atoms with Crippen LogP contribution in [-0.2, 0) is 24.9 Å². The molecule has 0 spiro atoms. The summed E-state index contributed by atoms with van der Waals surface area (Å²) in [5.41, 5.74) is 0.0538. The van der Waals surface area contributed by atoms with Gasteiger partial charge in [-0.3, -0.25) is 23.6 Å². The van der Waals surface area contributed by atoms with Crippen LogP contribution in [-0.4, -0.2) is 56.2 Å². The van der Waals surface area contributed by atoms with E-state index in [9.17, 15) is 14.4 Å². The normalized spacial score (nSPS) is 15.0.